The third-order valence-electron chi connectivity index (χ3n) is 6.23. The molecule has 1 aliphatic carbocycles. The summed E-state index contributed by atoms with van der Waals surface area (Å²) in [5.41, 5.74) is 3.30. The van der Waals surface area contributed by atoms with Crippen molar-refractivity contribution in [1.82, 2.24) is 4.90 Å². The van der Waals surface area contributed by atoms with E-state index in [0.29, 0.717) is 6.42 Å². The average molecular weight is 389 g/mol. The second kappa shape index (κ2) is 8.24. The van der Waals surface area contributed by atoms with E-state index in [1.165, 1.54) is 0 Å². The van der Waals surface area contributed by atoms with Crippen LogP contribution in [-0.4, -0.2) is 27.7 Å². The smallest absolute Gasteiger partial charge is 0.290 e. The highest BCUT2D eigenvalue weighted by Gasteiger charge is 2.46. The monoisotopic (exact) mass is 389 g/mol. The van der Waals surface area contributed by atoms with Crippen LogP contribution >= 0.6 is 0 Å². The molecular weight excluding hydrogens is 362 g/mol. The van der Waals surface area contributed by atoms with Crippen molar-refractivity contribution in [2.75, 3.05) is 0 Å². The Morgan fingerprint density at radius 2 is 1.69 bits per heavy atom. The van der Waals surface area contributed by atoms with Gasteiger partial charge in [-0.1, -0.05) is 67.4 Å². The standard InChI is InChI=1S/C25H27NO3/c1-17-9-5-8-14-20(17)23-22(21(27)16-15-18-10-3-2-4-11-18)24(28)25(29)26(23)19-12-6-7-13-19/h2-5,8-11,14,19,23,28H,6-7,12-13,15-16H2,1H3. The number of carbonyl (C=O) groups is 2. The summed E-state index contributed by atoms with van der Waals surface area (Å²) >= 11 is 0. The highest BCUT2D eigenvalue weighted by Crippen LogP contribution is 2.43. The van der Waals surface area contributed by atoms with Gasteiger partial charge in [0.1, 0.15) is 0 Å². The summed E-state index contributed by atoms with van der Waals surface area (Å²) in [7, 11) is 0. The number of hydrogen-bond acceptors (Lipinski definition) is 3. The van der Waals surface area contributed by atoms with Gasteiger partial charge in [-0.25, -0.2) is 0 Å². The second-order valence-corrected chi connectivity index (χ2v) is 8.08. The van der Waals surface area contributed by atoms with E-state index < -0.39 is 11.9 Å². The highest BCUT2D eigenvalue weighted by atomic mass is 16.3. The highest BCUT2D eigenvalue weighted by molar-refractivity contribution is 6.09. The van der Waals surface area contributed by atoms with Gasteiger partial charge in [0.05, 0.1) is 11.6 Å². The number of aryl methyl sites for hydroxylation is 2. The molecule has 1 aliphatic heterocycles. The fraction of sp³-hybridized carbons (Fsp3) is 0.360. The van der Waals surface area contributed by atoms with Crippen LogP contribution in [0.5, 0.6) is 0 Å². The normalized spacial score (nSPS) is 20.0. The van der Waals surface area contributed by atoms with Crippen molar-refractivity contribution in [1.29, 1.82) is 0 Å². The Balaban J connectivity index is 1.68. The van der Waals surface area contributed by atoms with Gasteiger partial charge < -0.3 is 10.0 Å². The molecular formula is C25H27NO3. The van der Waals surface area contributed by atoms with Crippen molar-refractivity contribution in [3.05, 3.63) is 82.6 Å². The molecule has 0 saturated heterocycles. The van der Waals surface area contributed by atoms with Crippen LogP contribution in [0.3, 0.4) is 0 Å². The first-order valence-corrected chi connectivity index (χ1v) is 10.5. The SMILES string of the molecule is Cc1ccccc1C1C(C(=O)CCc2ccccc2)=C(O)C(=O)N1C1CCCC1. The van der Waals surface area contributed by atoms with Gasteiger partial charge in [-0.2, -0.15) is 0 Å². The van der Waals surface area contributed by atoms with Gasteiger partial charge in [0.2, 0.25) is 0 Å². The summed E-state index contributed by atoms with van der Waals surface area (Å²) in [6.45, 7) is 1.99. The number of nitrogens with zero attached hydrogens (tertiary/aromatic N) is 1. The number of amides is 1. The zero-order chi connectivity index (χ0) is 20.4. The maximum atomic E-state index is 13.2. The lowest BCUT2D eigenvalue weighted by Gasteiger charge is -2.33. The Labute approximate surface area is 171 Å². The molecule has 1 heterocycles. The minimum Gasteiger partial charge on any atom is -0.503 e. The summed E-state index contributed by atoms with van der Waals surface area (Å²) in [6.07, 6.45) is 4.87. The van der Waals surface area contributed by atoms with Gasteiger partial charge in [-0.3, -0.25) is 9.59 Å². The van der Waals surface area contributed by atoms with Crippen molar-refractivity contribution < 1.29 is 14.7 Å². The molecule has 1 fully saturated rings. The van der Waals surface area contributed by atoms with Crippen molar-refractivity contribution in [2.45, 2.75) is 57.5 Å². The fourth-order valence-corrected chi connectivity index (χ4v) is 4.70. The number of hydrogen-bond donors (Lipinski definition) is 1. The quantitative estimate of drug-likeness (QED) is 0.769. The number of aliphatic hydroxyl groups is 1. The Hall–Kier alpha value is -2.88. The summed E-state index contributed by atoms with van der Waals surface area (Å²) in [6, 6.07) is 17.3. The molecule has 2 aliphatic rings. The molecule has 150 valence electrons. The van der Waals surface area contributed by atoms with Gasteiger partial charge in [-0.15, -0.1) is 0 Å². The summed E-state index contributed by atoms with van der Waals surface area (Å²) in [4.78, 5) is 28.1. The molecule has 1 unspecified atom stereocenters. The molecule has 2 aromatic rings. The molecule has 0 aromatic heterocycles. The summed E-state index contributed by atoms with van der Waals surface area (Å²) in [5, 5.41) is 10.7. The van der Waals surface area contributed by atoms with E-state index in [0.717, 1.165) is 42.4 Å². The van der Waals surface area contributed by atoms with E-state index in [1.54, 1.807) is 4.90 Å². The molecule has 29 heavy (non-hydrogen) atoms. The van der Waals surface area contributed by atoms with Crippen molar-refractivity contribution in [2.24, 2.45) is 0 Å². The summed E-state index contributed by atoms with van der Waals surface area (Å²) in [5.74, 6) is -0.898. The largest absolute Gasteiger partial charge is 0.503 e. The van der Waals surface area contributed by atoms with Crippen molar-refractivity contribution in [3.8, 4) is 0 Å². The average Bonchev–Trinajstić information content (AvgIpc) is 3.34. The molecule has 1 amide bonds. The predicted molar refractivity (Wildman–Crippen MR) is 112 cm³/mol. The van der Waals surface area contributed by atoms with E-state index >= 15 is 0 Å². The van der Waals surface area contributed by atoms with Gasteiger partial charge in [0.15, 0.2) is 11.5 Å². The lowest BCUT2D eigenvalue weighted by molar-refractivity contribution is -0.131. The minimum atomic E-state index is -0.491. The molecule has 2 aromatic carbocycles. The Kier molecular flexibility index (Phi) is 5.52. The molecule has 1 N–H and O–H groups in total. The Morgan fingerprint density at radius 3 is 2.38 bits per heavy atom. The van der Waals surface area contributed by atoms with Crippen LogP contribution in [0.1, 0.15) is 54.8 Å². The molecule has 0 radical (unpaired) electrons. The van der Waals surface area contributed by atoms with E-state index in [1.807, 2.05) is 61.5 Å². The van der Waals surface area contributed by atoms with E-state index in [4.69, 9.17) is 0 Å². The zero-order valence-electron chi connectivity index (χ0n) is 16.8. The maximum absolute atomic E-state index is 13.2. The first-order chi connectivity index (χ1) is 14.1. The second-order valence-electron chi connectivity index (χ2n) is 8.08. The number of Topliss-reactive ketones (excluding diaryl/α,β-unsaturated/α-hetero) is 1. The van der Waals surface area contributed by atoms with E-state index in [2.05, 4.69) is 0 Å². The van der Waals surface area contributed by atoms with E-state index in [-0.39, 0.29) is 29.6 Å². The van der Waals surface area contributed by atoms with Gasteiger partial charge >= 0.3 is 0 Å². The molecule has 1 atom stereocenters. The van der Waals surface area contributed by atoms with Crippen LogP contribution in [0, 0.1) is 6.92 Å². The van der Waals surface area contributed by atoms with Gasteiger partial charge in [-0.05, 0) is 42.9 Å². The zero-order valence-corrected chi connectivity index (χ0v) is 16.8. The first-order valence-electron chi connectivity index (χ1n) is 10.5. The van der Waals surface area contributed by atoms with Crippen LogP contribution in [-0.2, 0) is 16.0 Å². The number of benzene rings is 2. The molecule has 0 bridgehead atoms. The van der Waals surface area contributed by atoms with Crippen LogP contribution < -0.4 is 0 Å². The van der Waals surface area contributed by atoms with Crippen molar-refractivity contribution >= 4 is 11.7 Å². The van der Waals surface area contributed by atoms with Crippen LogP contribution in [0.2, 0.25) is 0 Å². The molecule has 4 heteroatoms. The molecule has 0 spiro atoms. The number of aliphatic hydroxyl groups excluding tert-OH is 1. The lowest BCUT2D eigenvalue weighted by Crippen LogP contribution is -2.39. The van der Waals surface area contributed by atoms with Crippen LogP contribution in [0.4, 0.5) is 0 Å². The molecule has 1 saturated carbocycles. The third kappa shape index (κ3) is 3.71. The number of carbonyl (C=O) groups excluding carboxylic acids is 2. The Bertz CT molecular complexity index is 942. The predicted octanol–water partition coefficient (Wildman–Crippen LogP) is 4.83. The van der Waals surface area contributed by atoms with Crippen LogP contribution in [0.25, 0.3) is 0 Å². The first kappa shape index (κ1) is 19.4. The topological polar surface area (TPSA) is 57.6 Å². The van der Waals surface area contributed by atoms with E-state index in [9.17, 15) is 14.7 Å². The number of ketones is 1. The van der Waals surface area contributed by atoms with Crippen molar-refractivity contribution in [3.63, 3.8) is 0 Å². The van der Waals surface area contributed by atoms with Gasteiger partial charge in [0.25, 0.3) is 5.91 Å². The summed E-state index contributed by atoms with van der Waals surface area (Å²) < 4.78 is 0. The fourth-order valence-electron chi connectivity index (χ4n) is 4.70. The maximum Gasteiger partial charge on any atom is 0.290 e. The third-order valence-corrected chi connectivity index (χ3v) is 6.23. The lowest BCUT2D eigenvalue weighted by atomic mass is 9.90. The molecule has 4 nitrogen and oxygen atoms in total. The minimum absolute atomic E-state index is 0.0775. The van der Waals surface area contributed by atoms with Crippen LogP contribution in [0.15, 0.2) is 65.9 Å². The number of rotatable bonds is 6. The molecule has 4 rings (SSSR count). The van der Waals surface area contributed by atoms with Gasteiger partial charge in [0, 0.05) is 12.5 Å². The Morgan fingerprint density at radius 1 is 1.03 bits per heavy atom.